The number of hydrogen-bond acceptors (Lipinski definition) is 7. The molecule has 0 aromatic carbocycles. The highest BCUT2D eigenvalue weighted by Gasteiger charge is 2.34. The Labute approximate surface area is 141 Å². The predicted molar refractivity (Wildman–Crippen MR) is 91.0 cm³/mol. The van der Waals surface area contributed by atoms with Gasteiger partial charge in [0, 0.05) is 24.3 Å². The molecule has 1 aromatic rings. The summed E-state index contributed by atoms with van der Waals surface area (Å²) in [5.41, 5.74) is 6.43. The molecule has 1 saturated heterocycles. The number of anilines is 1. The molecular formula is C14H22N4O3S2. The molecule has 1 aliphatic heterocycles. The highest BCUT2D eigenvalue weighted by molar-refractivity contribution is 7.99. The van der Waals surface area contributed by atoms with Crippen LogP contribution in [0.1, 0.15) is 25.5 Å². The van der Waals surface area contributed by atoms with Crippen LogP contribution >= 0.6 is 11.8 Å². The monoisotopic (exact) mass is 358 g/mol. The molecule has 2 N–H and O–H groups in total. The molecule has 0 aliphatic carbocycles. The van der Waals surface area contributed by atoms with E-state index in [-0.39, 0.29) is 29.2 Å². The summed E-state index contributed by atoms with van der Waals surface area (Å²) in [4.78, 5) is 22.5. The fraction of sp³-hybridized carbons (Fsp3) is 0.643. The highest BCUT2D eigenvalue weighted by Crippen LogP contribution is 2.21. The number of carbonyl (C=O) groups is 1. The van der Waals surface area contributed by atoms with Gasteiger partial charge in [-0.2, -0.15) is 0 Å². The Hall–Kier alpha value is -1.35. The Kier molecular flexibility index (Phi) is 5.85. The third-order valence-electron chi connectivity index (χ3n) is 3.61. The molecule has 0 saturated carbocycles. The van der Waals surface area contributed by atoms with Gasteiger partial charge >= 0.3 is 0 Å². The summed E-state index contributed by atoms with van der Waals surface area (Å²) in [6, 6.07) is 1.45. The molecule has 1 fully saturated rings. The second-order valence-corrected chi connectivity index (χ2v) is 8.82. The van der Waals surface area contributed by atoms with Crippen LogP contribution in [0, 0.1) is 6.92 Å². The van der Waals surface area contributed by atoms with Gasteiger partial charge in [0.1, 0.15) is 5.82 Å². The zero-order valence-electron chi connectivity index (χ0n) is 13.4. The van der Waals surface area contributed by atoms with Crippen molar-refractivity contribution < 1.29 is 13.2 Å². The van der Waals surface area contributed by atoms with Crippen molar-refractivity contribution in [2.75, 3.05) is 29.5 Å². The largest absolute Gasteiger partial charge is 0.384 e. The number of nitrogens with zero attached hydrogens (tertiary/aromatic N) is 3. The summed E-state index contributed by atoms with van der Waals surface area (Å²) >= 11 is 1.23. The molecule has 1 aromatic heterocycles. The van der Waals surface area contributed by atoms with Crippen molar-refractivity contribution >= 4 is 33.3 Å². The van der Waals surface area contributed by atoms with Gasteiger partial charge in [0.25, 0.3) is 0 Å². The minimum Gasteiger partial charge on any atom is -0.384 e. The van der Waals surface area contributed by atoms with Gasteiger partial charge < -0.3 is 10.6 Å². The minimum atomic E-state index is -3.01. The molecular weight excluding hydrogens is 336 g/mol. The first-order valence-corrected chi connectivity index (χ1v) is 10.4. The number of rotatable bonds is 6. The van der Waals surface area contributed by atoms with Crippen molar-refractivity contribution in [2.45, 2.75) is 37.9 Å². The minimum absolute atomic E-state index is 0.0668. The van der Waals surface area contributed by atoms with Crippen molar-refractivity contribution in [2.24, 2.45) is 0 Å². The van der Waals surface area contributed by atoms with E-state index in [1.807, 2.05) is 13.8 Å². The first-order valence-electron chi connectivity index (χ1n) is 7.54. The van der Waals surface area contributed by atoms with Gasteiger partial charge in [-0.15, -0.1) is 0 Å². The van der Waals surface area contributed by atoms with E-state index in [4.69, 9.17) is 5.73 Å². The molecule has 2 heterocycles. The van der Waals surface area contributed by atoms with Crippen LogP contribution in [0.25, 0.3) is 0 Å². The van der Waals surface area contributed by atoms with Crippen molar-refractivity contribution in [3.05, 3.63) is 11.8 Å². The van der Waals surface area contributed by atoms with Gasteiger partial charge in [0.15, 0.2) is 15.0 Å². The first kappa shape index (κ1) is 18.0. The van der Waals surface area contributed by atoms with Gasteiger partial charge in [-0.25, -0.2) is 18.4 Å². The molecule has 0 bridgehead atoms. The van der Waals surface area contributed by atoms with Crippen LogP contribution in [0.3, 0.4) is 0 Å². The van der Waals surface area contributed by atoms with Crippen molar-refractivity contribution in [3.63, 3.8) is 0 Å². The molecule has 9 heteroatoms. The molecule has 0 spiro atoms. The van der Waals surface area contributed by atoms with Crippen molar-refractivity contribution in [1.82, 2.24) is 14.9 Å². The normalized spacial score (nSPS) is 19.7. The van der Waals surface area contributed by atoms with Crippen LogP contribution in [0.15, 0.2) is 11.2 Å². The van der Waals surface area contributed by atoms with Crippen LogP contribution in [-0.2, 0) is 14.6 Å². The Morgan fingerprint density at radius 3 is 2.78 bits per heavy atom. The molecule has 1 amide bonds. The summed E-state index contributed by atoms with van der Waals surface area (Å²) in [6.45, 7) is 4.36. The van der Waals surface area contributed by atoms with Crippen LogP contribution < -0.4 is 5.73 Å². The lowest BCUT2D eigenvalue weighted by Gasteiger charge is -2.27. The third-order valence-corrected chi connectivity index (χ3v) is 6.19. The molecule has 7 nitrogen and oxygen atoms in total. The van der Waals surface area contributed by atoms with E-state index in [2.05, 4.69) is 9.97 Å². The number of nitrogen functional groups attached to an aromatic ring is 1. The summed E-state index contributed by atoms with van der Waals surface area (Å²) in [5, 5.41) is 0.464. The first-order chi connectivity index (χ1) is 10.8. The zero-order valence-corrected chi connectivity index (χ0v) is 15.0. The zero-order chi connectivity index (χ0) is 17.0. The van der Waals surface area contributed by atoms with Gasteiger partial charge in [-0.05, 0) is 19.8 Å². The van der Waals surface area contributed by atoms with Gasteiger partial charge in [0.05, 0.1) is 17.3 Å². The van der Waals surface area contributed by atoms with Crippen molar-refractivity contribution in [3.8, 4) is 0 Å². The Bertz CT molecular complexity index is 658. The van der Waals surface area contributed by atoms with Crippen LogP contribution in [0.2, 0.25) is 0 Å². The maximum Gasteiger partial charge on any atom is 0.233 e. The summed E-state index contributed by atoms with van der Waals surface area (Å²) in [6.07, 6.45) is 1.31. The topological polar surface area (TPSA) is 106 Å². The Morgan fingerprint density at radius 1 is 1.48 bits per heavy atom. The standard InChI is InChI=1S/C14H22N4O3S2/c1-3-5-18(11-4-6-23(20,21)9-11)13(19)8-22-14-16-10(2)7-12(15)17-14/h7,11H,3-6,8-9H2,1-2H3,(H2,15,16,17)/t11-/m0/s1. The molecule has 128 valence electrons. The lowest BCUT2D eigenvalue weighted by Crippen LogP contribution is -2.42. The summed E-state index contributed by atoms with van der Waals surface area (Å²) < 4.78 is 23.3. The average Bonchev–Trinajstić information content (AvgIpc) is 2.81. The predicted octanol–water partition coefficient (Wildman–Crippen LogP) is 0.885. The van der Waals surface area contributed by atoms with Gasteiger partial charge in [-0.3, -0.25) is 4.79 Å². The number of nitrogens with two attached hydrogens (primary N) is 1. The molecule has 0 radical (unpaired) electrons. The molecule has 0 unspecified atom stereocenters. The molecule has 23 heavy (non-hydrogen) atoms. The SMILES string of the molecule is CCCN(C(=O)CSc1nc(C)cc(N)n1)[C@H]1CCS(=O)(=O)C1. The third kappa shape index (κ3) is 5.07. The smallest absolute Gasteiger partial charge is 0.233 e. The maximum absolute atomic E-state index is 12.5. The second kappa shape index (κ2) is 7.48. The maximum atomic E-state index is 12.5. The molecule has 1 aliphatic rings. The number of aromatic nitrogens is 2. The number of amides is 1. The number of thioether (sulfide) groups is 1. The van der Waals surface area contributed by atoms with E-state index in [1.54, 1.807) is 11.0 Å². The quantitative estimate of drug-likeness (QED) is 0.594. The van der Waals surface area contributed by atoms with Crippen molar-refractivity contribution in [1.29, 1.82) is 0 Å². The Balaban J connectivity index is 2.01. The number of hydrogen-bond donors (Lipinski definition) is 1. The Morgan fingerprint density at radius 2 is 2.22 bits per heavy atom. The lowest BCUT2D eigenvalue weighted by molar-refractivity contribution is -0.130. The van der Waals surface area contributed by atoms with Crippen LogP contribution in [0.4, 0.5) is 5.82 Å². The summed E-state index contributed by atoms with van der Waals surface area (Å²) in [5.74, 6) is 0.703. The van der Waals surface area contributed by atoms with E-state index in [9.17, 15) is 13.2 Å². The van der Waals surface area contributed by atoms with Gasteiger partial charge in [-0.1, -0.05) is 18.7 Å². The van der Waals surface area contributed by atoms with E-state index >= 15 is 0 Å². The second-order valence-electron chi connectivity index (χ2n) is 5.65. The number of sulfone groups is 1. The average molecular weight is 358 g/mol. The fourth-order valence-electron chi connectivity index (χ4n) is 2.61. The fourth-order valence-corrected chi connectivity index (χ4v) is 5.14. The lowest BCUT2D eigenvalue weighted by atomic mass is 10.2. The van der Waals surface area contributed by atoms with Gasteiger partial charge in [0.2, 0.25) is 5.91 Å². The number of carbonyl (C=O) groups excluding carboxylic acids is 1. The number of aryl methyl sites for hydroxylation is 1. The van der Waals surface area contributed by atoms with E-state index in [0.717, 1.165) is 12.1 Å². The van der Waals surface area contributed by atoms with Crippen LogP contribution in [-0.4, -0.2) is 59.0 Å². The highest BCUT2D eigenvalue weighted by atomic mass is 32.2. The molecule has 1 atom stereocenters. The van der Waals surface area contributed by atoms with E-state index in [0.29, 0.717) is 23.9 Å². The summed E-state index contributed by atoms with van der Waals surface area (Å²) in [7, 11) is -3.01. The van der Waals surface area contributed by atoms with E-state index < -0.39 is 9.84 Å². The van der Waals surface area contributed by atoms with Crippen LogP contribution in [0.5, 0.6) is 0 Å². The van der Waals surface area contributed by atoms with E-state index in [1.165, 1.54) is 11.8 Å². The molecule has 2 rings (SSSR count).